The Bertz CT molecular complexity index is 269. The molecule has 0 spiro atoms. The van der Waals surface area contributed by atoms with Crippen LogP contribution < -0.4 is 5.32 Å². The number of likely N-dealkylation sites (tertiary alicyclic amines) is 1. The van der Waals surface area contributed by atoms with Crippen molar-refractivity contribution in [2.24, 2.45) is 22.7 Å². The van der Waals surface area contributed by atoms with E-state index in [9.17, 15) is 0 Å². The van der Waals surface area contributed by atoms with E-state index in [4.69, 9.17) is 0 Å². The Morgan fingerprint density at radius 3 is 2.65 bits per heavy atom. The molecule has 17 heavy (non-hydrogen) atoms. The first-order chi connectivity index (χ1) is 8.19. The van der Waals surface area contributed by atoms with E-state index in [1.807, 2.05) is 7.05 Å². The number of nitrogens with one attached hydrogen (secondary N) is 1. The van der Waals surface area contributed by atoms with Crippen LogP contribution in [0.2, 0.25) is 0 Å². The van der Waals surface area contributed by atoms with Crippen molar-refractivity contribution in [2.45, 2.75) is 39.5 Å². The highest BCUT2D eigenvalue weighted by Gasteiger charge is 2.27. The Labute approximate surface area is 106 Å². The van der Waals surface area contributed by atoms with Gasteiger partial charge in [-0.1, -0.05) is 13.8 Å². The van der Waals surface area contributed by atoms with Crippen LogP contribution in [-0.4, -0.2) is 37.5 Å². The van der Waals surface area contributed by atoms with Gasteiger partial charge in [0.15, 0.2) is 5.96 Å². The summed E-state index contributed by atoms with van der Waals surface area (Å²) in [6.07, 6.45) is 5.50. The fourth-order valence-electron chi connectivity index (χ4n) is 2.77. The maximum Gasteiger partial charge on any atom is 0.193 e. The SMILES string of the molecule is CN=C(NCC1CC1)N1CCC(CC(C)C)C1. The lowest BCUT2D eigenvalue weighted by molar-refractivity contribution is 0.403. The summed E-state index contributed by atoms with van der Waals surface area (Å²) in [7, 11) is 1.91. The van der Waals surface area contributed by atoms with Crippen LogP contribution >= 0.6 is 0 Å². The van der Waals surface area contributed by atoms with E-state index in [1.165, 1.54) is 38.8 Å². The van der Waals surface area contributed by atoms with Crippen molar-refractivity contribution >= 4 is 5.96 Å². The predicted molar refractivity (Wildman–Crippen MR) is 73.2 cm³/mol. The lowest BCUT2D eigenvalue weighted by Crippen LogP contribution is -2.40. The Balaban J connectivity index is 1.76. The highest BCUT2D eigenvalue weighted by molar-refractivity contribution is 5.80. The van der Waals surface area contributed by atoms with E-state index in [0.717, 1.165) is 30.3 Å². The summed E-state index contributed by atoms with van der Waals surface area (Å²) in [5.74, 6) is 3.74. The Hall–Kier alpha value is -0.730. The molecule has 2 rings (SSSR count). The van der Waals surface area contributed by atoms with Crippen molar-refractivity contribution in [3.63, 3.8) is 0 Å². The molecule has 1 heterocycles. The zero-order valence-electron chi connectivity index (χ0n) is 11.6. The summed E-state index contributed by atoms with van der Waals surface area (Å²) in [6, 6.07) is 0. The van der Waals surface area contributed by atoms with E-state index >= 15 is 0 Å². The van der Waals surface area contributed by atoms with E-state index in [1.54, 1.807) is 0 Å². The van der Waals surface area contributed by atoms with Gasteiger partial charge in [0.2, 0.25) is 0 Å². The topological polar surface area (TPSA) is 27.6 Å². The number of guanidine groups is 1. The molecule has 0 aromatic carbocycles. The molecule has 1 saturated carbocycles. The predicted octanol–water partition coefficient (Wildman–Crippen LogP) is 2.34. The highest BCUT2D eigenvalue weighted by Crippen LogP contribution is 2.28. The van der Waals surface area contributed by atoms with Crippen molar-refractivity contribution in [3.05, 3.63) is 0 Å². The molecular formula is C14H27N3. The van der Waals surface area contributed by atoms with Gasteiger partial charge in [-0.25, -0.2) is 0 Å². The minimum atomic E-state index is 0.821. The number of hydrogen-bond donors (Lipinski definition) is 1. The molecule has 1 atom stereocenters. The average Bonchev–Trinajstić information content (AvgIpc) is 3.00. The summed E-state index contributed by atoms with van der Waals surface area (Å²) < 4.78 is 0. The molecule has 0 bridgehead atoms. The van der Waals surface area contributed by atoms with Crippen molar-refractivity contribution in [2.75, 3.05) is 26.7 Å². The first-order valence-electron chi connectivity index (χ1n) is 7.14. The highest BCUT2D eigenvalue weighted by atomic mass is 15.3. The van der Waals surface area contributed by atoms with Gasteiger partial charge in [-0.2, -0.15) is 0 Å². The molecule has 0 radical (unpaired) electrons. The first kappa shape index (κ1) is 12.7. The lowest BCUT2D eigenvalue weighted by Gasteiger charge is -2.22. The van der Waals surface area contributed by atoms with Gasteiger partial charge in [0.1, 0.15) is 0 Å². The molecular weight excluding hydrogens is 210 g/mol. The fourth-order valence-corrected chi connectivity index (χ4v) is 2.77. The molecule has 1 aliphatic heterocycles. The smallest absolute Gasteiger partial charge is 0.193 e. The minimum absolute atomic E-state index is 0.821. The van der Waals surface area contributed by atoms with Crippen LogP contribution in [0.3, 0.4) is 0 Å². The number of rotatable bonds is 4. The Morgan fingerprint density at radius 1 is 1.29 bits per heavy atom. The largest absolute Gasteiger partial charge is 0.356 e. The standard InChI is InChI=1S/C14H27N3/c1-11(2)8-13-6-7-17(10-13)14(15-3)16-9-12-4-5-12/h11-13H,4-10H2,1-3H3,(H,15,16). The molecule has 0 aromatic rings. The number of aliphatic imine (C=N–C) groups is 1. The van der Waals surface area contributed by atoms with Crippen molar-refractivity contribution in [1.29, 1.82) is 0 Å². The van der Waals surface area contributed by atoms with Gasteiger partial charge in [0, 0.05) is 26.7 Å². The molecule has 1 unspecified atom stereocenters. The number of nitrogens with zero attached hydrogens (tertiary/aromatic N) is 2. The molecule has 0 amide bonds. The van der Waals surface area contributed by atoms with E-state index < -0.39 is 0 Å². The molecule has 2 fully saturated rings. The molecule has 3 nitrogen and oxygen atoms in total. The van der Waals surface area contributed by atoms with Crippen LogP contribution in [0.5, 0.6) is 0 Å². The molecule has 0 aromatic heterocycles. The second-order valence-corrected chi connectivity index (χ2v) is 6.10. The maximum atomic E-state index is 4.41. The zero-order chi connectivity index (χ0) is 12.3. The molecule has 98 valence electrons. The van der Waals surface area contributed by atoms with E-state index in [0.29, 0.717) is 0 Å². The van der Waals surface area contributed by atoms with Crippen molar-refractivity contribution < 1.29 is 0 Å². The summed E-state index contributed by atoms with van der Waals surface area (Å²) in [6.45, 7) is 8.15. The summed E-state index contributed by atoms with van der Waals surface area (Å²) in [5.41, 5.74) is 0. The van der Waals surface area contributed by atoms with Crippen LogP contribution in [-0.2, 0) is 0 Å². The summed E-state index contributed by atoms with van der Waals surface area (Å²) in [5, 5.41) is 3.52. The minimum Gasteiger partial charge on any atom is -0.356 e. The Morgan fingerprint density at radius 2 is 2.06 bits per heavy atom. The van der Waals surface area contributed by atoms with Crippen molar-refractivity contribution in [3.8, 4) is 0 Å². The maximum absolute atomic E-state index is 4.41. The second-order valence-electron chi connectivity index (χ2n) is 6.10. The van der Waals surface area contributed by atoms with Crippen LogP contribution in [0.4, 0.5) is 0 Å². The number of hydrogen-bond acceptors (Lipinski definition) is 1. The van der Waals surface area contributed by atoms with E-state index in [-0.39, 0.29) is 0 Å². The summed E-state index contributed by atoms with van der Waals surface area (Å²) in [4.78, 5) is 6.85. The second kappa shape index (κ2) is 5.74. The summed E-state index contributed by atoms with van der Waals surface area (Å²) >= 11 is 0. The van der Waals surface area contributed by atoms with Gasteiger partial charge in [-0.3, -0.25) is 4.99 Å². The van der Waals surface area contributed by atoms with Crippen LogP contribution in [0.25, 0.3) is 0 Å². The van der Waals surface area contributed by atoms with Crippen molar-refractivity contribution in [1.82, 2.24) is 10.2 Å². The zero-order valence-corrected chi connectivity index (χ0v) is 11.6. The molecule has 1 N–H and O–H groups in total. The molecule has 3 heteroatoms. The van der Waals surface area contributed by atoms with E-state index in [2.05, 4.69) is 29.1 Å². The monoisotopic (exact) mass is 237 g/mol. The van der Waals surface area contributed by atoms with Gasteiger partial charge in [-0.15, -0.1) is 0 Å². The third-order valence-electron chi connectivity index (χ3n) is 3.85. The van der Waals surface area contributed by atoms with Gasteiger partial charge in [-0.05, 0) is 43.4 Å². The third-order valence-corrected chi connectivity index (χ3v) is 3.85. The molecule has 1 saturated heterocycles. The van der Waals surface area contributed by atoms with Gasteiger partial charge >= 0.3 is 0 Å². The molecule has 1 aliphatic carbocycles. The lowest BCUT2D eigenvalue weighted by atomic mass is 9.97. The van der Waals surface area contributed by atoms with Crippen LogP contribution in [0, 0.1) is 17.8 Å². The van der Waals surface area contributed by atoms with Crippen LogP contribution in [0.15, 0.2) is 4.99 Å². The van der Waals surface area contributed by atoms with Gasteiger partial charge in [0.05, 0.1) is 0 Å². The fraction of sp³-hybridized carbons (Fsp3) is 0.929. The quantitative estimate of drug-likeness (QED) is 0.600. The third kappa shape index (κ3) is 3.90. The average molecular weight is 237 g/mol. The molecule has 2 aliphatic rings. The first-order valence-corrected chi connectivity index (χ1v) is 7.14. The van der Waals surface area contributed by atoms with Crippen LogP contribution in [0.1, 0.15) is 39.5 Å². The van der Waals surface area contributed by atoms with Gasteiger partial charge in [0.25, 0.3) is 0 Å². The normalized spacial score (nSPS) is 25.8. The van der Waals surface area contributed by atoms with Gasteiger partial charge < -0.3 is 10.2 Å². The Kier molecular flexibility index (Phi) is 4.30.